The number of carboxylic acids is 1. The Hall–Kier alpha value is -2.32. The Kier molecular flexibility index (Phi) is 4.35. The highest BCUT2D eigenvalue weighted by molar-refractivity contribution is 7.13. The molecule has 2 heterocycles. The van der Waals surface area contributed by atoms with Gasteiger partial charge in [0.1, 0.15) is 21.8 Å². The number of hydrogen-bond donors (Lipinski definition) is 2. The van der Waals surface area contributed by atoms with Crippen LogP contribution in [0, 0.1) is 5.82 Å². The molecule has 1 fully saturated rings. The first kappa shape index (κ1) is 15.6. The normalized spacial score (nSPS) is 17.2. The van der Waals surface area contributed by atoms with Crippen LogP contribution in [0.3, 0.4) is 0 Å². The van der Waals surface area contributed by atoms with Crippen molar-refractivity contribution in [1.29, 1.82) is 0 Å². The number of nitrogens with zero attached hydrogens (tertiary/aromatic N) is 1. The molecule has 6 nitrogen and oxygen atoms in total. The van der Waals surface area contributed by atoms with Gasteiger partial charge in [-0.2, -0.15) is 0 Å². The highest BCUT2D eigenvalue weighted by Crippen LogP contribution is 2.31. The van der Waals surface area contributed by atoms with E-state index in [1.54, 1.807) is 0 Å². The number of aromatic carboxylic acids is 1. The van der Waals surface area contributed by atoms with Crippen LogP contribution >= 0.6 is 11.3 Å². The van der Waals surface area contributed by atoms with Crippen molar-refractivity contribution in [3.63, 3.8) is 0 Å². The first-order chi connectivity index (χ1) is 11.0. The van der Waals surface area contributed by atoms with Crippen LogP contribution in [-0.4, -0.2) is 28.6 Å². The maximum Gasteiger partial charge on any atom is 0.335 e. The van der Waals surface area contributed by atoms with Crippen molar-refractivity contribution in [3.8, 4) is 0 Å². The zero-order chi connectivity index (χ0) is 16.4. The van der Waals surface area contributed by atoms with Gasteiger partial charge in [0.25, 0.3) is 5.91 Å². The number of hydrogen-bond acceptors (Lipinski definition) is 5. The fraction of sp³-hybridized carbons (Fsp3) is 0.267. The van der Waals surface area contributed by atoms with E-state index in [1.807, 2.05) is 0 Å². The minimum absolute atomic E-state index is 0.0892. The number of carbonyl (C=O) groups is 2. The summed E-state index contributed by atoms with van der Waals surface area (Å²) in [6.45, 7) is 0.680. The van der Waals surface area contributed by atoms with Gasteiger partial charge in [-0.05, 0) is 31.0 Å². The number of rotatable bonds is 4. The van der Waals surface area contributed by atoms with Crippen LogP contribution in [0.15, 0.2) is 24.4 Å². The summed E-state index contributed by atoms with van der Waals surface area (Å²) in [5.41, 5.74) is -0.284. The number of amides is 1. The molecular formula is C15H13FN2O4S. The highest BCUT2D eigenvalue weighted by atomic mass is 32.1. The monoisotopic (exact) mass is 336 g/mol. The average Bonchev–Trinajstić information content (AvgIpc) is 3.20. The summed E-state index contributed by atoms with van der Waals surface area (Å²) >= 11 is 1.19. The molecule has 1 aromatic carbocycles. The zero-order valence-electron chi connectivity index (χ0n) is 11.9. The Balaban J connectivity index is 1.76. The summed E-state index contributed by atoms with van der Waals surface area (Å²) in [5, 5.41) is 12.0. The van der Waals surface area contributed by atoms with E-state index in [1.165, 1.54) is 17.5 Å². The minimum Gasteiger partial charge on any atom is -0.478 e. The molecule has 1 saturated heterocycles. The average molecular weight is 336 g/mol. The number of carboxylic acid groups (broad SMARTS) is 1. The van der Waals surface area contributed by atoms with Gasteiger partial charge in [-0.25, -0.2) is 14.2 Å². The van der Waals surface area contributed by atoms with Gasteiger partial charge in [-0.3, -0.25) is 4.79 Å². The number of thiazole rings is 1. The molecule has 0 spiro atoms. The van der Waals surface area contributed by atoms with Crippen molar-refractivity contribution in [3.05, 3.63) is 45.7 Å². The van der Waals surface area contributed by atoms with Gasteiger partial charge in [0.05, 0.1) is 17.4 Å². The van der Waals surface area contributed by atoms with Gasteiger partial charge in [0.2, 0.25) is 0 Å². The van der Waals surface area contributed by atoms with Crippen molar-refractivity contribution in [2.24, 2.45) is 0 Å². The van der Waals surface area contributed by atoms with Crippen LogP contribution in [0.1, 0.15) is 44.0 Å². The second-order valence-electron chi connectivity index (χ2n) is 5.02. The van der Waals surface area contributed by atoms with Crippen molar-refractivity contribution in [2.75, 3.05) is 11.9 Å². The third-order valence-electron chi connectivity index (χ3n) is 3.41. The Bertz CT molecular complexity index is 756. The number of halogens is 1. The van der Waals surface area contributed by atoms with Crippen molar-refractivity contribution >= 4 is 28.9 Å². The Morgan fingerprint density at radius 3 is 2.96 bits per heavy atom. The number of nitrogens with one attached hydrogen (secondary N) is 1. The molecule has 1 amide bonds. The fourth-order valence-electron chi connectivity index (χ4n) is 2.25. The molecular weight excluding hydrogens is 323 g/mol. The van der Waals surface area contributed by atoms with Crippen LogP contribution in [0.25, 0.3) is 0 Å². The van der Waals surface area contributed by atoms with Gasteiger partial charge in [-0.15, -0.1) is 11.3 Å². The van der Waals surface area contributed by atoms with Crippen molar-refractivity contribution < 1.29 is 23.8 Å². The maximum atomic E-state index is 13.7. The summed E-state index contributed by atoms with van der Waals surface area (Å²) < 4.78 is 19.2. The largest absolute Gasteiger partial charge is 0.478 e. The van der Waals surface area contributed by atoms with E-state index in [0.717, 1.165) is 31.0 Å². The Morgan fingerprint density at radius 2 is 2.26 bits per heavy atom. The quantitative estimate of drug-likeness (QED) is 0.896. The molecule has 8 heteroatoms. The second kappa shape index (κ2) is 6.43. The number of ether oxygens (including phenoxy) is 1. The summed E-state index contributed by atoms with van der Waals surface area (Å²) in [6, 6.07) is 3.22. The lowest BCUT2D eigenvalue weighted by Crippen LogP contribution is -2.12. The van der Waals surface area contributed by atoms with Gasteiger partial charge in [0, 0.05) is 6.61 Å². The fourth-order valence-corrected chi connectivity index (χ4v) is 3.15. The van der Waals surface area contributed by atoms with Crippen molar-refractivity contribution in [1.82, 2.24) is 4.98 Å². The molecule has 0 radical (unpaired) electrons. The van der Waals surface area contributed by atoms with E-state index < -0.39 is 17.7 Å². The first-order valence-corrected chi connectivity index (χ1v) is 7.78. The lowest BCUT2D eigenvalue weighted by atomic mass is 10.2. The van der Waals surface area contributed by atoms with Crippen LogP contribution in [0.5, 0.6) is 0 Å². The van der Waals surface area contributed by atoms with Gasteiger partial charge >= 0.3 is 5.97 Å². The summed E-state index contributed by atoms with van der Waals surface area (Å²) in [7, 11) is 0. The summed E-state index contributed by atoms with van der Waals surface area (Å²) in [5.74, 6) is -2.43. The molecule has 120 valence electrons. The molecule has 1 aliphatic heterocycles. The van der Waals surface area contributed by atoms with E-state index in [4.69, 9.17) is 9.84 Å². The zero-order valence-corrected chi connectivity index (χ0v) is 12.7. The molecule has 0 aliphatic carbocycles. The predicted molar refractivity (Wildman–Crippen MR) is 81.4 cm³/mol. The number of anilines is 1. The molecule has 0 unspecified atom stereocenters. The third-order valence-corrected chi connectivity index (χ3v) is 4.50. The summed E-state index contributed by atoms with van der Waals surface area (Å²) in [4.78, 5) is 27.6. The first-order valence-electron chi connectivity index (χ1n) is 6.96. The molecule has 1 aromatic heterocycles. The maximum absolute atomic E-state index is 13.7. The van der Waals surface area contributed by atoms with Gasteiger partial charge in [-0.1, -0.05) is 0 Å². The van der Waals surface area contributed by atoms with Crippen molar-refractivity contribution in [2.45, 2.75) is 18.9 Å². The molecule has 1 aliphatic rings. The second-order valence-corrected chi connectivity index (χ2v) is 6.08. The van der Waals surface area contributed by atoms with Gasteiger partial charge in [0.15, 0.2) is 0 Å². The molecule has 3 rings (SSSR count). The predicted octanol–water partition coefficient (Wildman–Crippen LogP) is 3.08. The van der Waals surface area contributed by atoms with Gasteiger partial charge < -0.3 is 15.2 Å². The summed E-state index contributed by atoms with van der Waals surface area (Å²) in [6.07, 6.45) is 3.15. The lowest BCUT2D eigenvalue weighted by molar-refractivity contribution is 0.0696. The van der Waals surface area contributed by atoms with E-state index in [-0.39, 0.29) is 17.4 Å². The molecule has 0 bridgehead atoms. The Morgan fingerprint density at radius 1 is 1.43 bits per heavy atom. The van der Waals surface area contributed by atoms with E-state index in [2.05, 4.69) is 10.3 Å². The molecule has 0 saturated carbocycles. The molecule has 1 atom stereocenters. The van der Waals surface area contributed by atoms with E-state index >= 15 is 0 Å². The molecule has 2 N–H and O–H groups in total. The van der Waals surface area contributed by atoms with Crippen LogP contribution in [0.2, 0.25) is 0 Å². The molecule has 23 heavy (non-hydrogen) atoms. The third kappa shape index (κ3) is 3.38. The minimum atomic E-state index is -1.20. The van der Waals surface area contributed by atoms with E-state index in [0.29, 0.717) is 16.5 Å². The number of benzene rings is 1. The Labute approximate surface area is 134 Å². The van der Waals surface area contributed by atoms with Crippen LogP contribution in [-0.2, 0) is 4.74 Å². The standard InChI is InChI=1S/C15H13FN2O4S/c16-9-4-3-8(15(20)21)6-10(9)18-13(19)12-7-17-14(23-12)11-2-1-5-22-11/h3-4,6-7,11H,1-2,5H2,(H,18,19)(H,20,21)/t11-/m1/s1. The highest BCUT2D eigenvalue weighted by Gasteiger charge is 2.22. The van der Waals surface area contributed by atoms with Crippen LogP contribution in [0.4, 0.5) is 10.1 Å². The lowest BCUT2D eigenvalue weighted by Gasteiger charge is -2.06. The SMILES string of the molecule is O=C(O)c1ccc(F)c(NC(=O)c2cnc([C@H]3CCCO3)s2)c1. The number of aromatic nitrogens is 1. The smallest absolute Gasteiger partial charge is 0.335 e. The molecule has 2 aromatic rings. The topological polar surface area (TPSA) is 88.5 Å². The van der Waals surface area contributed by atoms with Crippen LogP contribution < -0.4 is 5.32 Å². The van der Waals surface area contributed by atoms with E-state index in [9.17, 15) is 14.0 Å². The number of carbonyl (C=O) groups excluding carboxylic acids is 1.